The van der Waals surface area contributed by atoms with Crippen molar-refractivity contribution < 1.29 is 13.2 Å². The quantitative estimate of drug-likeness (QED) is 0.352. The van der Waals surface area contributed by atoms with Crippen molar-refractivity contribution in [1.29, 1.82) is 0 Å². The van der Waals surface area contributed by atoms with Crippen LogP contribution >= 0.6 is 0 Å². The number of halogens is 3. The number of alkyl halides is 3. The van der Waals surface area contributed by atoms with Gasteiger partial charge in [0.15, 0.2) is 5.96 Å². The van der Waals surface area contributed by atoms with E-state index in [0.717, 1.165) is 44.7 Å². The monoisotopic (exact) mass is 435 g/mol. The second-order valence-electron chi connectivity index (χ2n) is 7.19. The number of aromatic nitrogens is 2. The molecule has 0 amide bonds. The van der Waals surface area contributed by atoms with E-state index in [2.05, 4.69) is 47.9 Å². The van der Waals surface area contributed by atoms with E-state index in [1.165, 1.54) is 5.69 Å². The Kier molecular flexibility index (Phi) is 7.91. The van der Waals surface area contributed by atoms with Gasteiger partial charge in [0.05, 0.1) is 6.54 Å². The summed E-state index contributed by atoms with van der Waals surface area (Å²) in [6.45, 7) is 5.34. The molecular formula is C21H28F3N7. The van der Waals surface area contributed by atoms with Gasteiger partial charge in [0.25, 0.3) is 0 Å². The molecule has 0 aliphatic carbocycles. The third kappa shape index (κ3) is 7.01. The summed E-state index contributed by atoms with van der Waals surface area (Å²) in [6, 6.07) is 11.5. The highest BCUT2D eigenvalue weighted by Gasteiger charge is 2.32. The molecule has 1 aliphatic rings. The van der Waals surface area contributed by atoms with Crippen molar-refractivity contribution in [2.45, 2.75) is 32.0 Å². The first-order chi connectivity index (χ1) is 15.0. The number of hydrogen-bond donors (Lipinski definition) is 3. The van der Waals surface area contributed by atoms with E-state index in [4.69, 9.17) is 0 Å². The SMILES string of the molecule is CCNC(=NCCNc1nccc(C(F)(F)F)n1)NC1CCN(c2ccccc2)CC1. The molecule has 1 aromatic carbocycles. The summed E-state index contributed by atoms with van der Waals surface area (Å²) >= 11 is 0. The lowest BCUT2D eigenvalue weighted by molar-refractivity contribution is -0.141. The highest BCUT2D eigenvalue weighted by Crippen LogP contribution is 2.27. The minimum Gasteiger partial charge on any atom is -0.371 e. The fourth-order valence-corrected chi connectivity index (χ4v) is 3.37. The zero-order valence-electron chi connectivity index (χ0n) is 17.5. The number of para-hydroxylation sites is 1. The zero-order valence-corrected chi connectivity index (χ0v) is 17.5. The van der Waals surface area contributed by atoms with Crippen molar-refractivity contribution >= 4 is 17.6 Å². The number of nitrogens with zero attached hydrogens (tertiary/aromatic N) is 4. The van der Waals surface area contributed by atoms with Crippen molar-refractivity contribution in [2.75, 3.05) is 42.9 Å². The molecule has 3 N–H and O–H groups in total. The number of nitrogens with one attached hydrogen (secondary N) is 3. The van der Waals surface area contributed by atoms with Gasteiger partial charge in [-0.1, -0.05) is 18.2 Å². The van der Waals surface area contributed by atoms with Crippen molar-refractivity contribution in [3.8, 4) is 0 Å². The summed E-state index contributed by atoms with van der Waals surface area (Å²) < 4.78 is 38.2. The molecule has 31 heavy (non-hydrogen) atoms. The number of benzene rings is 1. The second-order valence-corrected chi connectivity index (χ2v) is 7.19. The Balaban J connectivity index is 1.46. The van der Waals surface area contributed by atoms with Gasteiger partial charge in [0.1, 0.15) is 5.69 Å². The van der Waals surface area contributed by atoms with Gasteiger partial charge in [0, 0.05) is 44.1 Å². The minimum atomic E-state index is -4.49. The highest BCUT2D eigenvalue weighted by molar-refractivity contribution is 5.80. The van der Waals surface area contributed by atoms with Crippen LogP contribution in [-0.2, 0) is 6.18 Å². The summed E-state index contributed by atoms with van der Waals surface area (Å²) in [4.78, 5) is 14.2. The molecule has 0 unspecified atom stereocenters. The largest absolute Gasteiger partial charge is 0.433 e. The number of anilines is 2. The van der Waals surface area contributed by atoms with Crippen LogP contribution in [0.2, 0.25) is 0 Å². The standard InChI is InChI=1S/C21H28F3N7/c1-2-25-19(27-12-13-28-20-26-11-8-18(30-20)21(22,23)24)29-16-9-14-31(15-10-16)17-6-4-3-5-7-17/h3-8,11,16H,2,9-10,12-15H2,1H3,(H2,25,27,29)(H,26,28,30). The summed E-state index contributed by atoms with van der Waals surface area (Å²) in [5.41, 5.74) is 0.273. The van der Waals surface area contributed by atoms with Crippen molar-refractivity contribution in [3.63, 3.8) is 0 Å². The molecule has 2 aromatic rings. The van der Waals surface area contributed by atoms with E-state index in [1.807, 2.05) is 25.1 Å². The Hall–Kier alpha value is -3.04. The molecule has 1 aliphatic heterocycles. The maximum atomic E-state index is 12.7. The Labute approximate surface area is 180 Å². The van der Waals surface area contributed by atoms with Crippen molar-refractivity contribution in [2.24, 2.45) is 4.99 Å². The highest BCUT2D eigenvalue weighted by atomic mass is 19.4. The third-order valence-electron chi connectivity index (χ3n) is 4.91. The van der Waals surface area contributed by atoms with E-state index in [-0.39, 0.29) is 5.95 Å². The lowest BCUT2D eigenvalue weighted by Gasteiger charge is -2.34. The van der Waals surface area contributed by atoms with E-state index in [0.29, 0.717) is 25.1 Å². The Morgan fingerprint density at radius 2 is 1.90 bits per heavy atom. The first kappa shape index (κ1) is 22.6. The van der Waals surface area contributed by atoms with Crippen LogP contribution in [0.25, 0.3) is 0 Å². The van der Waals surface area contributed by atoms with E-state index in [1.54, 1.807) is 0 Å². The van der Waals surface area contributed by atoms with Crippen LogP contribution in [0.15, 0.2) is 47.6 Å². The van der Waals surface area contributed by atoms with Gasteiger partial charge in [-0.3, -0.25) is 4.99 Å². The second kappa shape index (κ2) is 10.8. The van der Waals surface area contributed by atoms with Crippen LogP contribution in [0.3, 0.4) is 0 Å². The minimum absolute atomic E-state index is 0.0590. The molecule has 1 saturated heterocycles. The van der Waals surface area contributed by atoms with Gasteiger partial charge >= 0.3 is 6.18 Å². The Morgan fingerprint density at radius 1 is 1.16 bits per heavy atom. The maximum Gasteiger partial charge on any atom is 0.433 e. The summed E-state index contributed by atoms with van der Waals surface area (Å²) in [6.07, 6.45) is -1.41. The number of rotatable bonds is 7. The number of piperidine rings is 1. The zero-order chi connectivity index (χ0) is 22.1. The van der Waals surface area contributed by atoms with Crippen molar-refractivity contribution in [3.05, 3.63) is 48.3 Å². The molecule has 0 radical (unpaired) electrons. The van der Waals surface area contributed by atoms with E-state index < -0.39 is 11.9 Å². The lowest BCUT2D eigenvalue weighted by Crippen LogP contribution is -2.48. The molecular weight excluding hydrogens is 407 g/mol. The van der Waals surface area contributed by atoms with Crippen LogP contribution in [0.4, 0.5) is 24.8 Å². The normalized spacial score (nSPS) is 15.6. The third-order valence-corrected chi connectivity index (χ3v) is 4.91. The van der Waals surface area contributed by atoms with Crippen LogP contribution in [0.1, 0.15) is 25.5 Å². The van der Waals surface area contributed by atoms with Crippen LogP contribution in [0.5, 0.6) is 0 Å². The topological polar surface area (TPSA) is 77.5 Å². The van der Waals surface area contributed by atoms with Crippen LogP contribution in [0, 0.1) is 0 Å². The number of guanidine groups is 1. The van der Waals surface area contributed by atoms with Gasteiger partial charge in [-0.2, -0.15) is 13.2 Å². The van der Waals surface area contributed by atoms with Crippen LogP contribution in [-0.4, -0.2) is 54.7 Å². The van der Waals surface area contributed by atoms with Gasteiger partial charge in [0.2, 0.25) is 5.95 Å². The average molecular weight is 435 g/mol. The first-order valence-corrected chi connectivity index (χ1v) is 10.4. The molecule has 1 aromatic heterocycles. The molecule has 3 rings (SSSR count). The molecule has 7 nitrogen and oxygen atoms in total. The predicted molar refractivity (Wildman–Crippen MR) is 116 cm³/mol. The first-order valence-electron chi connectivity index (χ1n) is 10.4. The van der Waals surface area contributed by atoms with Gasteiger partial charge in [-0.25, -0.2) is 9.97 Å². The van der Waals surface area contributed by atoms with Gasteiger partial charge < -0.3 is 20.9 Å². The molecule has 0 saturated carbocycles. The molecule has 0 atom stereocenters. The lowest BCUT2D eigenvalue weighted by atomic mass is 10.0. The summed E-state index contributed by atoms with van der Waals surface area (Å²) in [5, 5.41) is 9.47. The molecule has 0 spiro atoms. The van der Waals surface area contributed by atoms with E-state index >= 15 is 0 Å². The number of aliphatic imine (C=N–C) groups is 1. The fraction of sp³-hybridized carbons (Fsp3) is 0.476. The smallest absolute Gasteiger partial charge is 0.371 e. The summed E-state index contributed by atoms with van der Waals surface area (Å²) in [7, 11) is 0. The number of hydrogen-bond acceptors (Lipinski definition) is 5. The van der Waals surface area contributed by atoms with Gasteiger partial charge in [-0.05, 0) is 38.0 Å². The summed E-state index contributed by atoms with van der Waals surface area (Å²) in [5.74, 6) is 0.642. The Morgan fingerprint density at radius 3 is 2.58 bits per heavy atom. The maximum absolute atomic E-state index is 12.7. The molecule has 10 heteroatoms. The molecule has 168 valence electrons. The van der Waals surface area contributed by atoms with E-state index in [9.17, 15) is 13.2 Å². The van der Waals surface area contributed by atoms with Gasteiger partial charge in [-0.15, -0.1) is 0 Å². The Bertz CT molecular complexity index is 834. The fourth-order valence-electron chi connectivity index (χ4n) is 3.37. The van der Waals surface area contributed by atoms with Crippen LogP contribution < -0.4 is 20.9 Å². The van der Waals surface area contributed by atoms with Crippen molar-refractivity contribution in [1.82, 2.24) is 20.6 Å². The molecule has 0 bridgehead atoms. The average Bonchev–Trinajstić information content (AvgIpc) is 2.77. The molecule has 1 fully saturated rings. The predicted octanol–water partition coefficient (Wildman–Crippen LogP) is 3.13. The molecule has 2 heterocycles.